The van der Waals surface area contributed by atoms with Crippen LogP contribution in [0.1, 0.15) is 27.7 Å². The number of halogens is 1. The number of hydrogen-bond donors (Lipinski definition) is 2. The van der Waals surface area contributed by atoms with Gasteiger partial charge in [0, 0.05) is 32.0 Å². The second-order valence-electron chi connectivity index (χ2n) is 4.21. The highest BCUT2D eigenvalue weighted by molar-refractivity contribution is 6.43. The molecule has 0 saturated heterocycles. The molecule has 0 rings (SSSR count). The molecule has 2 N–H and O–H groups in total. The summed E-state index contributed by atoms with van der Waals surface area (Å²) in [7, 11) is 3.65. The molecule has 0 aromatic carbocycles. The van der Waals surface area contributed by atoms with E-state index in [1.807, 2.05) is 27.8 Å². The number of nitrogens with zero attached hydrogens (tertiary/aromatic N) is 1. The quantitative estimate of drug-likeness (QED) is 0.574. The summed E-state index contributed by atoms with van der Waals surface area (Å²) in [5.74, 6) is 0. The molecule has 102 valence electrons. The maximum Gasteiger partial charge on any atom is 0.0799 e. The van der Waals surface area contributed by atoms with E-state index in [4.69, 9.17) is 11.6 Å². The van der Waals surface area contributed by atoms with Crippen LogP contribution in [0.15, 0.2) is 39.1 Å². The molecule has 0 fully saturated rings. The minimum Gasteiger partial charge on any atom is -0.392 e. The minimum atomic E-state index is 0.687. The Morgan fingerprint density at radius 3 is 2.28 bits per heavy atom. The van der Waals surface area contributed by atoms with Crippen LogP contribution < -0.4 is 10.6 Å². The number of rotatable bonds is 6. The third-order valence-corrected chi connectivity index (χ3v) is 3.18. The Kier molecular flexibility index (Phi) is 8.21. The van der Waals surface area contributed by atoms with E-state index in [9.17, 15) is 0 Å². The molecular formula is C14H24ClN3. The summed E-state index contributed by atoms with van der Waals surface area (Å²) in [6, 6.07) is 0. The van der Waals surface area contributed by atoms with Crippen LogP contribution in [0.3, 0.4) is 0 Å². The molecule has 0 amide bonds. The SMILES string of the molecule is C/N=C(C)\C(Cl)=C(/C)NC/C(C)=C/C=C(/C)NC. The van der Waals surface area contributed by atoms with Gasteiger partial charge in [-0.3, -0.25) is 4.99 Å². The Morgan fingerprint density at radius 2 is 1.78 bits per heavy atom. The third kappa shape index (κ3) is 6.50. The lowest BCUT2D eigenvalue weighted by atomic mass is 10.2. The summed E-state index contributed by atoms with van der Waals surface area (Å²) >= 11 is 6.16. The van der Waals surface area contributed by atoms with Crippen LogP contribution in [0.2, 0.25) is 0 Å². The Balaban J connectivity index is 4.51. The molecule has 0 aliphatic carbocycles. The first kappa shape index (κ1) is 16.8. The second kappa shape index (κ2) is 8.81. The van der Waals surface area contributed by atoms with Gasteiger partial charge in [0.1, 0.15) is 0 Å². The van der Waals surface area contributed by atoms with Gasteiger partial charge in [0.25, 0.3) is 0 Å². The molecule has 0 atom stereocenters. The molecule has 4 heteroatoms. The first-order chi connectivity index (χ1) is 8.42. The van der Waals surface area contributed by atoms with Crippen LogP contribution in [0.5, 0.6) is 0 Å². The normalized spacial score (nSPS) is 15.4. The van der Waals surface area contributed by atoms with Crippen molar-refractivity contribution in [3.8, 4) is 0 Å². The lowest BCUT2D eigenvalue weighted by molar-refractivity contribution is 0.867. The average molecular weight is 270 g/mol. The highest BCUT2D eigenvalue weighted by atomic mass is 35.5. The van der Waals surface area contributed by atoms with Gasteiger partial charge in [-0.15, -0.1) is 0 Å². The lowest BCUT2D eigenvalue weighted by Crippen LogP contribution is -2.16. The molecule has 0 radical (unpaired) electrons. The van der Waals surface area contributed by atoms with Crippen LogP contribution in [0, 0.1) is 0 Å². The van der Waals surface area contributed by atoms with Crippen molar-refractivity contribution in [2.75, 3.05) is 20.6 Å². The topological polar surface area (TPSA) is 36.4 Å². The largest absolute Gasteiger partial charge is 0.392 e. The number of hydrogen-bond acceptors (Lipinski definition) is 3. The predicted octanol–water partition coefficient (Wildman–Crippen LogP) is 3.21. The summed E-state index contributed by atoms with van der Waals surface area (Å²) in [5, 5.41) is 7.05. The van der Waals surface area contributed by atoms with Crippen molar-refractivity contribution in [3.05, 3.63) is 34.2 Å². The van der Waals surface area contributed by atoms with Gasteiger partial charge in [-0.25, -0.2) is 0 Å². The van der Waals surface area contributed by atoms with Crippen molar-refractivity contribution >= 4 is 17.3 Å². The zero-order chi connectivity index (χ0) is 14.1. The van der Waals surface area contributed by atoms with Crippen LogP contribution in [-0.4, -0.2) is 26.4 Å². The molecule has 18 heavy (non-hydrogen) atoms. The van der Waals surface area contributed by atoms with Gasteiger partial charge in [0.2, 0.25) is 0 Å². The van der Waals surface area contributed by atoms with Gasteiger partial charge in [0.05, 0.1) is 10.7 Å². The van der Waals surface area contributed by atoms with Crippen molar-refractivity contribution < 1.29 is 0 Å². The zero-order valence-corrected chi connectivity index (χ0v) is 12.9. The van der Waals surface area contributed by atoms with Crippen molar-refractivity contribution in [1.29, 1.82) is 0 Å². The summed E-state index contributed by atoms with van der Waals surface area (Å²) in [6.07, 6.45) is 4.14. The zero-order valence-electron chi connectivity index (χ0n) is 12.2. The lowest BCUT2D eigenvalue weighted by Gasteiger charge is -2.09. The molecule has 0 aliphatic rings. The predicted molar refractivity (Wildman–Crippen MR) is 82.2 cm³/mol. The second-order valence-corrected chi connectivity index (χ2v) is 4.59. The molecule has 0 aromatic rings. The molecule has 0 saturated carbocycles. The van der Waals surface area contributed by atoms with E-state index in [0.717, 1.165) is 23.7 Å². The molecule has 0 unspecified atom stereocenters. The fraction of sp³-hybridized carbons (Fsp3) is 0.500. The first-order valence-electron chi connectivity index (χ1n) is 5.98. The Labute approximate surface area is 116 Å². The van der Waals surface area contributed by atoms with Crippen LogP contribution in [-0.2, 0) is 0 Å². The number of nitrogens with one attached hydrogen (secondary N) is 2. The van der Waals surface area contributed by atoms with E-state index in [-0.39, 0.29) is 0 Å². The maximum atomic E-state index is 6.16. The van der Waals surface area contributed by atoms with Crippen LogP contribution >= 0.6 is 11.6 Å². The third-order valence-electron chi connectivity index (χ3n) is 2.63. The van der Waals surface area contributed by atoms with E-state index in [1.165, 1.54) is 5.57 Å². The highest BCUT2D eigenvalue weighted by Gasteiger charge is 2.02. The monoisotopic (exact) mass is 269 g/mol. The summed E-state index contributed by atoms with van der Waals surface area (Å²) in [6.45, 7) is 8.73. The summed E-state index contributed by atoms with van der Waals surface area (Å²) in [5.41, 5.74) is 4.16. The standard InChI is InChI=1S/C14H24ClN3/c1-10(7-8-11(2)16-5)9-18-13(4)14(15)12(3)17-6/h7-8,16,18H,9H2,1-6H3/b10-7+,11-8-,14-13-,17-12-. The number of allylic oxidation sites excluding steroid dienone is 5. The molecule has 0 bridgehead atoms. The van der Waals surface area contributed by atoms with Gasteiger partial charge < -0.3 is 10.6 Å². The Morgan fingerprint density at radius 1 is 1.17 bits per heavy atom. The van der Waals surface area contributed by atoms with Gasteiger partial charge in [0.15, 0.2) is 0 Å². The minimum absolute atomic E-state index is 0.687. The fourth-order valence-electron chi connectivity index (χ4n) is 1.13. The highest BCUT2D eigenvalue weighted by Crippen LogP contribution is 2.09. The van der Waals surface area contributed by atoms with E-state index in [1.54, 1.807) is 7.05 Å². The van der Waals surface area contributed by atoms with Gasteiger partial charge in [-0.1, -0.05) is 23.3 Å². The van der Waals surface area contributed by atoms with Gasteiger partial charge in [-0.05, 0) is 33.8 Å². The van der Waals surface area contributed by atoms with Crippen molar-refractivity contribution in [2.45, 2.75) is 27.7 Å². The molecule has 0 aliphatic heterocycles. The Hall–Kier alpha value is -1.22. The molecule has 0 spiro atoms. The van der Waals surface area contributed by atoms with E-state index < -0.39 is 0 Å². The molecular weight excluding hydrogens is 246 g/mol. The molecule has 0 heterocycles. The van der Waals surface area contributed by atoms with Crippen molar-refractivity contribution in [2.24, 2.45) is 4.99 Å². The summed E-state index contributed by atoms with van der Waals surface area (Å²) in [4.78, 5) is 4.06. The van der Waals surface area contributed by atoms with E-state index in [2.05, 4.69) is 34.7 Å². The van der Waals surface area contributed by atoms with Crippen molar-refractivity contribution in [1.82, 2.24) is 10.6 Å². The summed E-state index contributed by atoms with van der Waals surface area (Å²) < 4.78 is 0. The molecule has 3 nitrogen and oxygen atoms in total. The van der Waals surface area contributed by atoms with Gasteiger partial charge in [-0.2, -0.15) is 0 Å². The van der Waals surface area contributed by atoms with Gasteiger partial charge >= 0.3 is 0 Å². The average Bonchev–Trinajstić information content (AvgIpc) is 2.39. The number of aliphatic imine (C=N–C) groups is 1. The first-order valence-corrected chi connectivity index (χ1v) is 6.36. The van der Waals surface area contributed by atoms with Crippen LogP contribution in [0.4, 0.5) is 0 Å². The Bertz CT molecular complexity index is 390. The maximum absolute atomic E-state index is 6.16. The smallest absolute Gasteiger partial charge is 0.0799 e. The van der Waals surface area contributed by atoms with Crippen molar-refractivity contribution in [3.63, 3.8) is 0 Å². The van der Waals surface area contributed by atoms with E-state index in [0.29, 0.717) is 5.03 Å². The van der Waals surface area contributed by atoms with E-state index >= 15 is 0 Å². The molecule has 0 aromatic heterocycles. The fourth-order valence-corrected chi connectivity index (χ4v) is 1.28. The van der Waals surface area contributed by atoms with Crippen LogP contribution in [0.25, 0.3) is 0 Å².